The molecular formula is C31H29N9O. The van der Waals surface area contributed by atoms with Gasteiger partial charge < -0.3 is 16.6 Å². The van der Waals surface area contributed by atoms with Crippen molar-refractivity contribution in [2.24, 2.45) is 22.4 Å². The van der Waals surface area contributed by atoms with Crippen molar-refractivity contribution in [1.29, 1.82) is 0 Å². The van der Waals surface area contributed by atoms with E-state index in [1.54, 1.807) is 6.08 Å². The summed E-state index contributed by atoms with van der Waals surface area (Å²) in [5.41, 5.74) is 18.0. The second kappa shape index (κ2) is 8.66. The summed E-state index contributed by atoms with van der Waals surface area (Å²) in [5, 5.41) is 19.7. The maximum absolute atomic E-state index is 10.9. The lowest BCUT2D eigenvalue weighted by atomic mass is 9.60. The number of anilines is 1. The van der Waals surface area contributed by atoms with Crippen molar-refractivity contribution in [3.63, 3.8) is 0 Å². The molecule has 8 rings (SSSR count). The van der Waals surface area contributed by atoms with Crippen LogP contribution in [0, 0.1) is 5.92 Å². The maximum Gasteiger partial charge on any atom is 0.239 e. The molecule has 0 unspecified atom stereocenters. The van der Waals surface area contributed by atoms with E-state index < -0.39 is 11.1 Å². The zero-order chi connectivity index (χ0) is 27.8. The van der Waals surface area contributed by atoms with Crippen molar-refractivity contribution in [3.05, 3.63) is 84.6 Å². The summed E-state index contributed by atoms with van der Waals surface area (Å²) in [5.74, 6) is 1.47. The van der Waals surface area contributed by atoms with Crippen LogP contribution in [0.4, 0.5) is 5.95 Å². The average Bonchev–Trinajstić information content (AvgIpc) is 3.76. The number of pyridine rings is 1. The molecule has 204 valence electrons. The number of rotatable bonds is 5. The number of benzene rings is 2. The monoisotopic (exact) mass is 543 g/mol. The van der Waals surface area contributed by atoms with Gasteiger partial charge in [0.1, 0.15) is 18.0 Å². The van der Waals surface area contributed by atoms with Crippen LogP contribution in [0.15, 0.2) is 84.0 Å². The average molecular weight is 544 g/mol. The lowest BCUT2D eigenvalue weighted by Crippen LogP contribution is -2.60. The van der Waals surface area contributed by atoms with E-state index >= 15 is 0 Å². The minimum atomic E-state index is -0.604. The number of hydrogen-bond acceptors (Lipinski definition) is 9. The molecule has 41 heavy (non-hydrogen) atoms. The first-order valence-corrected chi connectivity index (χ1v) is 13.9. The summed E-state index contributed by atoms with van der Waals surface area (Å²) in [7, 11) is 0. The van der Waals surface area contributed by atoms with Crippen LogP contribution >= 0.6 is 0 Å². The van der Waals surface area contributed by atoms with Crippen LogP contribution in [0.1, 0.15) is 31.2 Å². The van der Waals surface area contributed by atoms with Crippen molar-refractivity contribution in [2.75, 3.05) is 11.6 Å². The van der Waals surface area contributed by atoms with Crippen LogP contribution in [-0.4, -0.2) is 47.8 Å². The largest absolute Gasteiger partial charge is 0.389 e. The van der Waals surface area contributed by atoms with E-state index in [9.17, 15) is 5.11 Å². The summed E-state index contributed by atoms with van der Waals surface area (Å²) in [6, 6.07) is 22.1. The molecular weight excluding hydrogens is 514 g/mol. The van der Waals surface area contributed by atoms with Gasteiger partial charge in [0.15, 0.2) is 11.3 Å². The Labute approximate surface area is 236 Å². The van der Waals surface area contributed by atoms with Crippen LogP contribution in [0.25, 0.3) is 39.3 Å². The van der Waals surface area contributed by atoms with Gasteiger partial charge in [-0.25, -0.2) is 19.4 Å². The first-order chi connectivity index (χ1) is 19.9. The van der Waals surface area contributed by atoms with Crippen molar-refractivity contribution in [3.8, 4) is 22.5 Å². The Hall–Kier alpha value is -4.67. The molecule has 0 radical (unpaired) electrons. The van der Waals surface area contributed by atoms with Crippen LogP contribution < -0.4 is 16.4 Å². The summed E-state index contributed by atoms with van der Waals surface area (Å²) in [6.07, 6.45) is 7.01. The molecule has 0 amide bonds. The van der Waals surface area contributed by atoms with Gasteiger partial charge in [-0.3, -0.25) is 4.90 Å². The predicted octanol–water partition coefficient (Wildman–Crippen LogP) is 3.74. The van der Waals surface area contributed by atoms with Gasteiger partial charge in [-0.05, 0) is 55.4 Å². The third-order valence-electron chi connectivity index (χ3n) is 8.63. The maximum atomic E-state index is 10.9. The van der Waals surface area contributed by atoms with Crippen molar-refractivity contribution >= 4 is 28.6 Å². The van der Waals surface area contributed by atoms with Crippen LogP contribution in [-0.2, 0) is 5.54 Å². The van der Waals surface area contributed by atoms with E-state index in [4.69, 9.17) is 21.4 Å². The van der Waals surface area contributed by atoms with Gasteiger partial charge in [0.05, 0.1) is 17.0 Å². The molecule has 10 nitrogen and oxygen atoms in total. The molecule has 0 saturated heterocycles. The third-order valence-corrected chi connectivity index (χ3v) is 8.63. The lowest BCUT2D eigenvalue weighted by Gasteiger charge is -2.52. The Bertz CT molecular complexity index is 1870. The molecule has 0 atom stereocenters. The Balaban J connectivity index is 1.24. The fourth-order valence-electron chi connectivity index (χ4n) is 6.32. The highest BCUT2D eigenvalue weighted by Gasteiger charge is 2.58. The molecule has 0 bridgehead atoms. The number of aliphatic imine (C=N–C) groups is 1. The molecule has 2 aromatic carbocycles. The molecule has 4 heterocycles. The Morgan fingerprint density at radius 2 is 1.59 bits per heavy atom. The first-order valence-electron chi connectivity index (χ1n) is 13.9. The van der Waals surface area contributed by atoms with Crippen LogP contribution in [0.2, 0.25) is 0 Å². The van der Waals surface area contributed by atoms with Gasteiger partial charge in [0, 0.05) is 22.9 Å². The summed E-state index contributed by atoms with van der Waals surface area (Å²) < 4.78 is 1.90. The van der Waals surface area contributed by atoms with E-state index in [1.807, 2.05) is 58.0 Å². The number of fused-ring (bicyclic) bond motifs is 3. The molecule has 0 spiro atoms. The van der Waals surface area contributed by atoms with E-state index in [2.05, 4.69) is 39.5 Å². The van der Waals surface area contributed by atoms with Crippen molar-refractivity contribution in [2.45, 2.75) is 36.8 Å². The van der Waals surface area contributed by atoms with Crippen molar-refractivity contribution in [1.82, 2.24) is 24.6 Å². The van der Waals surface area contributed by atoms with Gasteiger partial charge in [-0.2, -0.15) is 0 Å². The second-order valence-corrected chi connectivity index (χ2v) is 11.5. The quantitative estimate of drug-likeness (QED) is 0.304. The standard InChI is InChI=1S/C31H29N9O/c32-24-14-15-39(18-34-24)29-38-37-25-13-12-23-28(40(25)29)36-27(19-4-2-1-3-5-19)26(35-23)20-6-8-21(9-7-20)30(33)16-31(41,17-30)22-10-11-22/h1-9,12-15,22,41H,10-11,16-18,33H2,(H2,32,34)/t30-,31-. The molecule has 10 heteroatoms. The molecule has 2 fully saturated rings. The van der Waals surface area contributed by atoms with E-state index in [1.165, 1.54) is 0 Å². The van der Waals surface area contributed by atoms with Gasteiger partial charge in [-0.15, -0.1) is 10.2 Å². The van der Waals surface area contributed by atoms with Gasteiger partial charge >= 0.3 is 0 Å². The highest BCUT2D eigenvalue weighted by atomic mass is 16.3. The SMILES string of the molecule is NC1=NCN(c2nnc3ccc4nc(-c5ccc([C@]6(N)C[C@@](O)(C7CC7)C6)cc5)c(-c5ccccc5)nc4n23)C=C1. The van der Waals surface area contributed by atoms with Crippen LogP contribution in [0.3, 0.4) is 0 Å². The number of amidine groups is 1. The van der Waals surface area contributed by atoms with E-state index in [-0.39, 0.29) is 0 Å². The first kappa shape index (κ1) is 24.2. The number of aliphatic hydroxyl groups is 1. The molecule has 3 aliphatic rings. The molecule has 1 aliphatic heterocycles. The fourth-order valence-corrected chi connectivity index (χ4v) is 6.32. The van der Waals surface area contributed by atoms with E-state index in [0.29, 0.717) is 54.0 Å². The summed E-state index contributed by atoms with van der Waals surface area (Å²) >= 11 is 0. The molecule has 2 saturated carbocycles. The summed E-state index contributed by atoms with van der Waals surface area (Å²) in [6.45, 7) is 0.337. The second-order valence-electron chi connectivity index (χ2n) is 11.5. The number of nitrogens with zero attached hydrogens (tertiary/aromatic N) is 7. The highest BCUT2D eigenvalue weighted by Crippen LogP contribution is 2.57. The van der Waals surface area contributed by atoms with Gasteiger partial charge in [0.25, 0.3) is 0 Å². The van der Waals surface area contributed by atoms with Gasteiger partial charge in [0.2, 0.25) is 5.95 Å². The zero-order valence-electron chi connectivity index (χ0n) is 22.4. The normalized spacial score (nSPS) is 24.0. The number of hydrogen-bond donors (Lipinski definition) is 3. The highest BCUT2D eigenvalue weighted by molar-refractivity contribution is 5.93. The number of nitrogens with two attached hydrogens (primary N) is 2. The predicted molar refractivity (Wildman–Crippen MR) is 158 cm³/mol. The zero-order valence-corrected chi connectivity index (χ0v) is 22.4. The lowest BCUT2D eigenvalue weighted by molar-refractivity contribution is -0.106. The molecule has 3 aromatic heterocycles. The van der Waals surface area contributed by atoms with E-state index in [0.717, 1.165) is 40.9 Å². The Morgan fingerprint density at radius 1 is 0.854 bits per heavy atom. The fraction of sp³-hybridized carbons (Fsp3) is 0.258. The smallest absolute Gasteiger partial charge is 0.239 e. The Kier molecular flexibility index (Phi) is 5.10. The van der Waals surface area contributed by atoms with Gasteiger partial charge in [-0.1, -0.05) is 54.6 Å². The number of aromatic nitrogens is 5. The third kappa shape index (κ3) is 3.90. The van der Waals surface area contributed by atoms with Crippen molar-refractivity contribution < 1.29 is 5.11 Å². The molecule has 5 aromatic rings. The Morgan fingerprint density at radius 3 is 2.29 bits per heavy atom. The minimum Gasteiger partial charge on any atom is -0.389 e. The minimum absolute atomic E-state index is 0.337. The molecule has 2 aliphatic carbocycles. The molecule has 5 N–H and O–H groups in total. The van der Waals surface area contributed by atoms with Crippen LogP contribution in [0.5, 0.6) is 0 Å². The topological polar surface area (TPSA) is 144 Å². The summed E-state index contributed by atoms with van der Waals surface area (Å²) in [4.78, 5) is 16.5.